The third-order valence-electron chi connectivity index (χ3n) is 3.34. The van der Waals surface area contributed by atoms with E-state index in [1.165, 1.54) is 5.39 Å². The maximum Gasteiger partial charge on any atom is 0.101 e. The molecule has 0 aromatic heterocycles. The Bertz CT molecular complexity index is 549. The highest BCUT2D eigenvalue weighted by atomic mass is 16.3. The summed E-state index contributed by atoms with van der Waals surface area (Å²) in [5.74, 6) is 0. The molecule has 0 radical (unpaired) electrons. The largest absolute Gasteiger partial charge is 0.384 e. The van der Waals surface area contributed by atoms with Gasteiger partial charge in [0, 0.05) is 0 Å². The second-order valence-electron chi connectivity index (χ2n) is 4.51. The van der Waals surface area contributed by atoms with Crippen LogP contribution in [0.3, 0.4) is 0 Å². The van der Waals surface area contributed by atoms with E-state index in [-0.39, 0.29) is 0 Å². The maximum absolute atomic E-state index is 10.5. The molecule has 1 N–H and O–H groups in total. The molecule has 0 saturated heterocycles. The molecule has 0 bridgehead atoms. The zero-order chi connectivity index (χ0) is 13.0. The van der Waals surface area contributed by atoms with Crippen molar-refractivity contribution in [3.63, 3.8) is 0 Å². The van der Waals surface area contributed by atoms with Crippen LogP contribution in [0.2, 0.25) is 0 Å². The van der Waals surface area contributed by atoms with Gasteiger partial charge in [0.2, 0.25) is 0 Å². The Kier molecular flexibility index (Phi) is 4.16. The highest BCUT2D eigenvalue weighted by Crippen LogP contribution is 2.30. The van der Waals surface area contributed by atoms with Crippen LogP contribution in [0.25, 0.3) is 10.8 Å². The van der Waals surface area contributed by atoms with Gasteiger partial charge in [-0.3, -0.25) is 0 Å². The Morgan fingerprint density at radius 1 is 1.11 bits per heavy atom. The summed E-state index contributed by atoms with van der Waals surface area (Å²) < 4.78 is 0. The molecule has 1 unspecified atom stereocenters. The molecule has 0 aliphatic heterocycles. The second-order valence-corrected chi connectivity index (χ2v) is 4.51. The first-order chi connectivity index (χ1) is 8.77. The van der Waals surface area contributed by atoms with Crippen molar-refractivity contribution in [3.8, 4) is 0 Å². The van der Waals surface area contributed by atoms with E-state index in [1.807, 2.05) is 24.3 Å². The van der Waals surface area contributed by atoms with Crippen LogP contribution in [-0.2, 0) is 0 Å². The summed E-state index contributed by atoms with van der Waals surface area (Å²) in [5.41, 5.74) is 2.11. The quantitative estimate of drug-likeness (QED) is 0.773. The van der Waals surface area contributed by atoms with Gasteiger partial charge in [0.1, 0.15) is 6.10 Å². The first kappa shape index (κ1) is 12.8. The molecule has 2 rings (SSSR count). The molecule has 1 heteroatoms. The van der Waals surface area contributed by atoms with E-state index in [4.69, 9.17) is 0 Å². The van der Waals surface area contributed by atoms with Crippen molar-refractivity contribution in [2.45, 2.75) is 32.8 Å². The zero-order valence-corrected chi connectivity index (χ0v) is 11.1. The molecular weight excluding hydrogens is 220 g/mol. The van der Waals surface area contributed by atoms with E-state index in [0.717, 1.165) is 29.4 Å². The van der Waals surface area contributed by atoms with Crippen molar-refractivity contribution in [2.24, 2.45) is 0 Å². The van der Waals surface area contributed by atoms with Gasteiger partial charge >= 0.3 is 0 Å². The lowest BCUT2D eigenvalue weighted by Crippen LogP contribution is -2.02. The Morgan fingerprint density at radius 2 is 1.83 bits per heavy atom. The van der Waals surface area contributed by atoms with E-state index in [2.05, 4.69) is 38.1 Å². The topological polar surface area (TPSA) is 20.2 Å². The second kappa shape index (κ2) is 5.83. The third-order valence-corrected chi connectivity index (χ3v) is 3.34. The van der Waals surface area contributed by atoms with Crippen molar-refractivity contribution in [3.05, 3.63) is 59.7 Å². The SMILES string of the molecule is CC/C=C(\CC)C(O)c1cccc2ccccc12. The number of rotatable bonds is 4. The fourth-order valence-corrected chi connectivity index (χ4v) is 2.40. The monoisotopic (exact) mass is 240 g/mol. The lowest BCUT2D eigenvalue weighted by molar-refractivity contribution is 0.213. The molecule has 0 saturated carbocycles. The molecule has 0 heterocycles. The Labute approximate surface area is 109 Å². The smallest absolute Gasteiger partial charge is 0.101 e. The average molecular weight is 240 g/mol. The molecule has 0 fully saturated rings. The molecular formula is C17H20O. The zero-order valence-electron chi connectivity index (χ0n) is 11.1. The molecule has 2 aromatic rings. The van der Waals surface area contributed by atoms with Crippen LogP contribution in [0.4, 0.5) is 0 Å². The molecule has 1 nitrogen and oxygen atoms in total. The van der Waals surface area contributed by atoms with E-state index < -0.39 is 6.10 Å². The van der Waals surface area contributed by atoms with Gasteiger partial charge in [0.25, 0.3) is 0 Å². The van der Waals surface area contributed by atoms with Gasteiger partial charge in [-0.25, -0.2) is 0 Å². The van der Waals surface area contributed by atoms with E-state index in [0.29, 0.717) is 0 Å². The molecule has 94 valence electrons. The lowest BCUT2D eigenvalue weighted by Gasteiger charge is -2.16. The summed E-state index contributed by atoms with van der Waals surface area (Å²) in [5, 5.41) is 12.9. The van der Waals surface area contributed by atoms with Crippen molar-refractivity contribution < 1.29 is 5.11 Å². The van der Waals surface area contributed by atoms with Crippen molar-refractivity contribution in [2.75, 3.05) is 0 Å². The van der Waals surface area contributed by atoms with E-state index in [9.17, 15) is 5.11 Å². The minimum Gasteiger partial charge on any atom is -0.384 e. The van der Waals surface area contributed by atoms with Gasteiger partial charge in [-0.2, -0.15) is 0 Å². The van der Waals surface area contributed by atoms with Crippen LogP contribution < -0.4 is 0 Å². The van der Waals surface area contributed by atoms with Gasteiger partial charge in [0.15, 0.2) is 0 Å². The lowest BCUT2D eigenvalue weighted by atomic mass is 9.94. The number of fused-ring (bicyclic) bond motifs is 1. The van der Waals surface area contributed by atoms with Crippen LogP contribution in [-0.4, -0.2) is 5.11 Å². The van der Waals surface area contributed by atoms with Crippen LogP contribution in [0, 0.1) is 0 Å². The number of benzene rings is 2. The molecule has 0 amide bonds. The molecule has 0 aliphatic carbocycles. The molecule has 2 aromatic carbocycles. The summed E-state index contributed by atoms with van der Waals surface area (Å²) in [4.78, 5) is 0. The minimum atomic E-state index is -0.485. The standard InChI is InChI=1S/C17H20O/c1-3-8-13(4-2)17(18)16-12-7-10-14-9-5-6-11-15(14)16/h5-12,17-18H,3-4H2,1-2H3/b13-8+. The molecule has 0 aliphatic rings. The van der Waals surface area contributed by atoms with Gasteiger partial charge in [-0.05, 0) is 34.8 Å². The van der Waals surface area contributed by atoms with Gasteiger partial charge in [-0.1, -0.05) is 62.4 Å². The van der Waals surface area contributed by atoms with Crippen LogP contribution in [0.1, 0.15) is 38.4 Å². The van der Waals surface area contributed by atoms with Crippen LogP contribution in [0.5, 0.6) is 0 Å². The van der Waals surface area contributed by atoms with Gasteiger partial charge < -0.3 is 5.11 Å². The summed E-state index contributed by atoms with van der Waals surface area (Å²) in [6, 6.07) is 14.3. The number of aliphatic hydroxyl groups excluding tert-OH is 1. The Morgan fingerprint density at radius 3 is 2.56 bits per heavy atom. The summed E-state index contributed by atoms with van der Waals surface area (Å²) in [6.07, 6.45) is 3.50. The highest BCUT2D eigenvalue weighted by molar-refractivity contribution is 5.86. The highest BCUT2D eigenvalue weighted by Gasteiger charge is 2.13. The predicted molar refractivity (Wildman–Crippen MR) is 77.6 cm³/mol. The summed E-state index contributed by atoms with van der Waals surface area (Å²) >= 11 is 0. The van der Waals surface area contributed by atoms with Gasteiger partial charge in [-0.15, -0.1) is 0 Å². The number of hydrogen-bond donors (Lipinski definition) is 1. The summed E-state index contributed by atoms with van der Waals surface area (Å²) in [6.45, 7) is 4.20. The summed E-state index contributed by atoms with van der Waals surface area (Å²) in [7, 11) is 0. The molecule has 18 heavy (non-hydrogen) atoms. The van der Waals surface area contributed by atoms with Gasteiger partial charge in [0.05, 0.1) is 0 Å². The third kappa shape index (κ3) is 2.46. The fourth-order valence-electron chi connectivity index (χ4n) is 2.40. The maximum atomic E-state index is 10.5. The first-order valence-corrected chi connectivity index (χ1v) is 6.62. The number of aliphatic hydroxyl groups is 1. The molecule has 0 spiro atoms. The van der Waals surface area contributed by atoms with Crippen molar-refractivity contribution >= 4 is 10.8 Å². The van der Waals surface area contributed by atoms with Crippen molar-refractivity contribution in [1.82, 2.24) is 0 Å². The Balaban J connectivity index is 2.50. The number of allylic oxidation sites excluding steroid dienone is 1. The fraction of sp³-hybridized carbons (Fsp3) is 0.294. The normalized spacial score (nSPS) is 13.8. The predicted octanol–water partition coefficient (Wildman–Crippen LogP) is 4.62. The van der Waals surface area contributed by atoms with Crippen molar-refractivity contribution in [1.29, 1.82) is 0 Å². The van der Waals surface area contributed by atoms with Crippen LogP contribution >= 0.6 is 0 Å². The molecule has 1 atom stereocenters. The first-order valence-electron chi connectivity index (χ1n) is 6.62. The van der Waals surface area contributed by atoms with Crippen LogP contribution in [0.15, 0.2) is 54.1 Å². The van der Waals surface area contributed by atoms with E-state index >= 15 is 0 Å². The minimum absolute atomic E-state index is 0.485. The average Bonchev–Trinajstić information content (AvgIpc) is 2.43. The van der Waals surface area contributed by atoms with E-state index in [1.54, 1.807) is 0 Å². The Hall–Kier alpha value is -1.60. The number of hydrogen-bond acceptors (Lipinski definition) is 1.